The predicted octanol–water partition coefficient (Wildman–Crippen LogP) is 1.16. The van der Waals surface area contributed by atoms with Gasteiger partial charge in [-0.2, -0.15) is 13.2 Å². The molecule has 0 saturated carbocycles. The second-order valence-electron chi connectivity index (χ2n) is 3.03. The minimum atomic E-state index is -4.23. The number of hydrogen-bond acceptors (Lipinski definition) is 3. The summed E-state index contributed by atoms with van der Waals surface area (Å²) in [6, 6.07) is 0. The number of aromatic nitrogens is 2. The Balaban J connectivity index is 2.66. The van der Waals surface area contributed by atoms with Crippen LogP contribution in [0.4, 0.5) is 19.0 Å². The van der Waals surface area contributed by atoms with Gasteiger partial charge in [0.1, 0.15) is 0 Å². The Morgan fingerprint density at radius 2 is 2.20 bits per heavy atom. The Morgan fingerprint density at radius 3 is 2.73 bits per heavy atom. The zero-order chi connectivity index (χ0) is 11.5. The van der Waals surface area contributed by atoms with Crippen molar-refractivity contribution in [1.82, 2.24) is 9.97 Å². The highest BCUT2D eigenvalue weighted by Crippen LogP contribution is 2.19. The number of anilines is 1. The van der Waals surface area contributed by atoms with Gasteiger partial charge in [0.2, 0.25) is 0 Å². The number of aromatic amines is 1. The topological polar surface area (TPSA) is 49.0 Å². The Bertz CT molecular complexity index is 374. The summed E-state index contributed by atoms with van der Waals surface area (Å²) in [7, 11) is 1.39. The summed E-state index contributed by atoms with van der Waals surface area (Å²) in [5, 5.41) is 0. The quantitative estimate of drug-likeness (QED) is 0.833. The number of H-pyrrole nitrogens is 1. The van der Waals surface area contributed by atoms with Gasteiger partial charge in [0.15, 0.2) is 5.82 Å². The molecular formula is C8H10F3N3O. The van der Waals surface area contributed by atoms with Gasteiger partial charge in [-0.25, -0.2) is 4.98 Å². The van der Waals surface area contributed by atoms with Crippen LogP contribution in [-0.2, 0) is 0 Å². The average Bonchev–Trinajstić information content (AvgIpc) is 2.14. The van der Waals surface area contributed by atoms with E-state index in [2.05, 4.69) is 9.97 Å². The van der Waals surface area contributed by atoms with Gasteiger partial charge in [-0.15, -0.1) is 0 Å². The second-order valence-corrected chi connectivity index (χ2v) is 3.03. The monoisotopic (exact) mass is 221 g/mol. The van der Waals surface area contributed by atoms with E-state index >= 15 is 0 Å². The van der Waals surface area contributed by atoms with Gasteiger partial charge in [-0.05, 0) is 0 Å². The summed E-state index contributed by atoms with van der Waals surface area (Å²) in [6.45, 7) is -0.288. The lowest BCUT2D eigenvalue weighted by Gasteiger charge is -2.17. The molecule has 0 aliphatic carbocycles. The molecule has 1 N–H and O–H groups in total. The molecule has 1 aromatic heterocycles. The van der Waals surface area contributed by atoms with E-state index in [9.17, 15) is 18.0 Å². The van der Waals surface area contributed by atoms with Crippen LogP contribution < -0.4 is 10.5 Å². The molecule has 7 heteroatoms. The van der Waals surface area contributed by atoms with Gasteiger partial charge in [0, 0.05) is 26.0 Å². The Kier molecular flexibility index (Phi) is 3.33. The minimum Gasteiger partial charge on any atom is -0.355 e. The van der Waals surface area contributed by atoms with Gasteiger partial charge in [-0.3, -0.25) is 4.79 Å². The van der Waals surface area contributed by atoms with Crippen molar-refractivity contribution in [2.24, 2.45) is 0 Å². The summed E-state index contributed by atoms with van der Waals surface area (Å²) in [6.07, 6.45) is -2.56. The maximum atomic E-state index is 11.9. The molecule has 1 aromatic rings. The molecule has 0 bridgehead atoms. The van der Waals surface area contributed by atoms with Crippen LogP contribution in [0.2, 0.25) is 0 Å². The van der Waals surface area contributed by atoms with E-state index in [1.165, 1.54) is 24.3 Å². The lowest BCUT2D eigenvalue weighted by atomic mass is 10.4. The molecule has 0 fully saturated rings. The average molecular weight is 221 g/mol. The highest BCUT2D eigenvalue weighted by molar-refractivity contribution is 5.33. The molecule has 0 aliphatic heterocycles. The normalized spacial score (nSPS) is 11.5. The van der Waals surface area contributed by atoms with E-state index in [0.717, 1.165) is 0 Å². The molecule has 0 aliphatic rings. The summed E-state index contributed by atoms with van der Waals surface area (Å²) < 4.78 is 35.7. The van der Waals surface area contributed by atoms with E-state index < -0.39 is 18.2 Å². The molecule has 0 unspecified atom stereocenters. The fourth-order valence-corrected chi connectivity index (χ4v) is 1.02. The van der Waals surface area contributed by atoms with Crippen molar-refractivity contribution < 1.29 is 13.2 Å². The number of nitrogens with one attached hydrogen (secondary N) is 1. The van der Waals surface area contributed by atoms with Gasteiger partial charge in [0.05, 0.1) is 6.42 Å². The van der Waals surface area contributed by atoms with Crippen LogP contribution in [0.5, 0.6) is 0 Å². The van der Waals surface area contributed by atoms with E-state index in [0.29, 0.717) is 0 Å². The first-order chi connectivity index (χ1) is 6.90. The third-order valence-electron chi connectivity index (χ3n) is 1.78. The van der Waals surface area contributed by atoms with Gasteiger partial charge in [-0.1, -0.05) is 0 Å². The maximum absolute atomic E-state index is 11.9. The van der Waals surface area contributed by atoms with Gasteiger partial charge < -0.3 is 9.88 Å². The molecule has 1 heterocycles. The van der Waals surface area contributed by atoms with E-state index in [-0.39, 0.29) is 12.4 Å². The van der Waals surface area contributed by atoms with Crippen molar-refractivity contribution in [2.75, 3.05) is 18.5 Å². The van der Waals surface area contributed by atoms with Crippen molar-refractivity contribution in [2.45, 2.75) is 12.6 Å². The lowest BCUT2D eigenvalue weighted by Crippen LogP contribution is -2.29. The molecule has 0 aromatic carbocycles. The summed E-state index contributed by atoms with van der Waals surface area (Å²) >= 11 is 0. The van der Waals surface area contributed by atoms with Gasteiger partial charge >= 0.3 is 6.18 Å². The SMILES string of the molecule is CN(CCC(F)(F)F)c1ncc[nH]c1=O. The molecular weight excluding hydrogens is 211 g/mol. The van der Waals surface area contributed by atoms with Crippen LogP contribution in [0, 0.1) is 0 Å². The summed E-state index contributed by atoms with van der Waals surface area (Å²) in [4.78, 5) is 18.3. The molecule has 0 radical (unpaired) electrons. The van der Waals surface area contributed by atoms with Crippen molar-refractivity contribution in [3.63, 3.8) is 0 Å². The smallest absolute Gasteiger partial charge is 0.355 e. The highest BCUT2D eigenvalue weighted by Gasteiger charge is 2.27. The van der Waals surface area contributed by atoms with Crippen molar-refractivity contribution >= 4 is 5.82 Å². The predicted molar refractivity (Wildman–Crippen MR) is 48.8 cm³/mol. The molecule has 1 rings (SSSR count). The zero-order valence-electron chi connectivity index (χ0n) is 8.01. The number of rotatable bonds is 3. The van der Waals surface area contributed by atoms with Crippen LogP contribution in [-0.4, -0.2) is 29.7 Å². The number of alkyl halides is 3. The number of nitrogens with zero attached hydrogens (tertiary/aromatic N) is 2. The fourth-order valence-electron chi connectivity index (χ4n) is 1.02. The lowest BCUT2D eigenvalue weighted by molar-refractivity contribution is -0.132. The van der Waals surface area contributed by atoms with Crippen LogP contribution in [0.25, 0.3) is 0 Å². The summed E-state index contributed by atoms with van der Waals surface area (Å²) in [5.74, 6) is -0.0123. The first kappa shape index (κ1) is 11.5. The Labute approximate surface area is 83.7 Å². The molecule has 0 saturated heterocycles. The Hall–Kier alpha value is -1.53. The minimum absolute atomic E-state index is 0.0123. The maximum Gasteiger partial charge on any atom is 0.390 e. The van der Waals surface area contributed by atoms with Crippen LogP contribution in [0.3, 0.4) is 0 Å². The van der Waals surface area contributed by atoms with Crippen LogP contribution in [0.1, 0.15) is 6.42 Å². The molecule has 15 heavy (non-hydrogen) atoms. The van der Waals surface area contributed by atoms with Crippen molar-refractivity contribution in [1.29, 1.82) is 0 Å². The first-order valence-corrected chi connectivity index (χ1v) is 4.22. The molecule has 0 atom stereocenters. The van der Waals surface area contributed by atoms with Crippen LogP contribution >= 0.6 is 0 Å². The largest absolute Gasteiger partial charge is 0.390 e. The van der Waals surface area contributed by atoms with E-state index in [4.69, 9.17) is 0 Å². The van der Waals surface area contributed by atoms with Crippen molar-refractivity contribution in [3.05, 3.63) is 22.7 Å². The highest BCUT2D eigenvalue weighted by atomic mass is 19.4. The fraction of sp³-hybridized carbons (Fsp3) is 0.500. The first-order valence-electron chi connectivity index (χ1n) is 4.22. The summed E-state index contributed by atoms with van der Waals surface area (Å²) in [5.41, 5.74) is -0.498. The molecule has 0 amide bonds. The van der Waals surface area contributed by atoms with Crippen molar-refractivity contribution in [3.8, 4) is 0 Å². The third-order valence-corrected chi connectivity index (χ3v) is 1.78. The molecule has 4 nitrogen and oxygen atoms in total. The number of halogens is 3. The van der Waals surface area contributed by atoms with Crippen LogP contribution in [0.15, 0.2) is 17.2 Å². The standard InChI is InChI=1S/C8H10F3N3O/c1-14(5-2-8(9,10)11)6-7(15)13-4-3-12-6/h3-4H,2,5H2,1H3,(H,13,15). The van der Waals surface area contributed by atoms with E-state index in [1.807, 2.05) is 0 Å². The molecule has 0 spiro atoms. The van der Waals surface area contributed by atoms with Gasteiger partial charge in [0.25, 0.3) is 5.56 Å². The third kappa shape index (κ3) is 3.61. The number of hydrogen-bond donors (Lipinski definition) is 1. The molecule has 84 valence electrons. The van der Waals surface area contributed by atoms with E-state index in [1.54, 1.807) is 0 Å². The zero-order valence-corrected chi connectivity index (χ0v) is 8.01. The Morgan fingerprint density at radius 1 is 1.53 bits per heavy atom. The second kappa shape index (κ2) is 4.33.